The lowest BCUT2D eigenvalue weighted by Crippen LogP contribution is -2.48. The molecule has 1 atom stereocenters. The Hall–Kier alpha value is -7.44. The molecular formula is C66H79Cl2N11O12S. The molecule has 2 fully saturated rings. The molecule has 10 rings (SSSR count). The number of nitrogens with one attached hydrogen (secondary N) is 1. The summed E-state index contributed by atoms with van der Waals surface area (Å²) in [5.74, 6) is 6.83. The molecule has 6 heterocycles. The van der Waals surface area contributed by atoms with Crippen LogP contribution in [-0.4, -0.2) is 182 Å². The largest absolute Gasteiger partial charge is 0.444 e. The predicted octanol–water partition coefficient (Wildman–Crippen LogP) is 7.68. The Labute approximate surface area is 548 Å². The fourth-order valence-corrected chi connectivity index (χ4v) is 12.5. The zero-order valence-corrected chi connectivity index (χ0v) is 54.8. The molecular weight excluding hydrogens is 1240 g/mol. The Balaban J connectivity index is 0.530. The van der Waals surface area contributed by atoms with Crippen molar-refractivity contribution in [3.05, 3.63) is 126 Å². The summed E-state index contributed by atoms with van der Waals surface area (Å²) in [6.45, 7) is 10.9. The minimum Gasteiger partial charge on any atom is -0.444 e. The number of hydrogen-bond donors (Lipinski definition) is 1. The lowest BCUT2D eigenvalue weighted by atomic mass is 10.1. The van der Waals surface area contributed by atoms with Crippen molar-refractivity contribution in [3.8, 4) is 22.7 Å². The Morgan fingerprint density at radius 2 is 1.43 bits per heavy atom. The summed E-state index contributed by atoms with van der Waals surface area (Å²) in [6.07, 6.45) is 4.67. The van der Waals surface area contributed by atoms with Gasteiger partial charge in [-0.3, -0.25) is 32.9 Å². The van der Waals surface area contributed by atoms with Crippen molar-refractivity contribution in [3.63, 3.8) is 0 Å². The van der Waals surface area contributed by atoms with E-state index in [1.54, 1.807) is 48.7 Å². The number of fused-ring (bicyclic) bond motifs is 3. The van der Waals surface area contributed by atoms with Gasteiger partial charge in [0.2, 0.25) is 17.8 Å². The standard InChI is InChI=1S/C66H79Cl2N11O12S/c1-5-6-24-78-60-61(74(4)66(84)79(63(60)83)44-57-69-45(2)49-13-7-8-14-53(49)71-57)72-65(78)75-23-11-12-47(43-75)70-58(80)21-28-85-30-32-87-34-36-89-38-39-90-37-35-88-33-31-86-29-27-73(3)59(81)20-17-46-41-52(68)56(42-51(46)67)91-64-50(22-40-92-64)62(82)77-26-25-76(48-18-19-48)54-15-9-10-16-55(54)77/h7-10,13-16,22,40-42,47-48H,11-12,17-21,23-39,43-44H2,1-4H3,(H,70,80). The van der Waals surface area contributed by atoms with Crippen LogP contribution in [0.3, 0.4) is 0 Å². The van der Waals surface area contributed by atoms with Crippen LogP contribution in [0.2, 0.25) is 10.0 Å². The number of benzene rings is 3. The molecule has 0 radical (unpaired) electrons. The smallest absolute Gasteiger partial charge is 0.332 e. The number of likely N-dealkylation sites (N-methyl/N-ethyl adjacent to an activating group) is 1. The molecule has 0 spiro atoms. The molecule has 490 valence electrons. The van der Waals surface area contributed by atoms with E-state index in [1.807, 2.05) is 64.6 Å². The number of aromatic nitrogens is 6. The van der Waals surface area contributed by atoms with Crippen LogP contribution >= 0.6 is 34.5 Å². The average Bonchev–Trinajstić information content (AvgIpc) is 1.58. The number of amides is 3. The van der Waals surface area contributed by atoms with Gasteiger partial charge >= 0.3 is 5.69 Å². The lowest BCUT2D eigenvalue weighted by Gasteiger charge is -2.38. The van der Waals surface area contributed by atoms with E-state index in [0.29, 0.717) is 155 Å². The van der Waals surface area contributed by atoms with Gasteiger partial charge in [-0.15, -0.1) is 17.3 Å². The number of nitrogens with zero attached hydrogens (tertiary/aromatic N) is 10. The number of ether oxygens (including phenoxy) is 7. The minimum absolute atomic E-state index is 0.0648. The zero-order chi connectivity index (χ0) is 64.5. The highest BCUT2D eigenvalue weighted by atomic mass is 35.5. The van der Waals surface area contributed by atoms with E-state index in [4.69, 9.17) is 61.3 Å². The molecule has 7 aromatic rings. The number of rotatable bonds is 33. The van der Waals surface area contributed by atoms with Crippen LogP contribution < -0.4 is 36.0 Å². The molecule has 1 unspecified atom stereocenters. The summed E-state index contributed by atoms with van der Waals surface area (Å²) in [6, 6.07) is 21.2. The van der Waals surface area contributed by atoms with Gasteiger partial charge in [0.25, 0.3) is 11.5 Å². The van der Waals surface area contributed by atoms with E-state index in [0.717, 1.165) is 51.9 Å². The molecule has 3 aliphatic rings. The first-order valence-corrected chi connectivity index (χ1v) is 32.9. The van der Waals surface area contributed by atoms with Crippen molar-refractivity contribution in [2.45, 2.75) is 84.0 Å². The van der Waals surface area contributed by atoms with Crippen molar-refractivity contribution in [1.82, 2.24) is 38.9 Å². The van der Waals surface area contributed by atoms with Crippen LogP contribution in [0.4, 0.5) is 17.3 Å². The molecule has 3 amide bonds. The second kappa shape index (κ2) is 32.9. The molecule has 92 heavy (non-hydrogen) atoms. The van der Waals surface area contributed by atoms with Gasteiger partial charge < -0.3 is 58.1 Å². The van der Waals surface area contributed by atoms with E-state index in [-0.39, 0.29) is 67.5 Å². The van der Waals surface area contributed by atoms with E-state index < -0.39 is 11.2 Å². The number of halogens is 2. The third kappa shape index (κ3) is 17.2. The zero-order valence-electron chi connectivity index (χ0n) is 52.5. The Bertz CT molecular complexity index is 3900. The number of piperidine rings is 1. The van der Waals surface area contributed by atoms with Gasteiger partial charge in [-0.25, -0.2) is 14.8 Å². The summed E-state index contributed by atoms with van der Waals surface area (Å²) < 4.78 is 44.3. The monoisotopic (exact) mass is 1320 g/mol. The number of carbonyl (C=O) groups excluding carboxylic acids is 3. The number of carbonyl (C=O) groups is 3. The molecule has 23 nitrogen and oxygen atoms in total. The number of thiophene rings is 1. The van der Waals surface area contributed by atoms with Crippen LogP contribution in [0, 0.1) is 18.8 Å². The van der Waals surface area contributed by atoms with Gasteiger partial charge in [-0.1, -0.05) is 59.5 Å². The molecule has 26 heteroatoms. The van der Waals surface area contributed by atoms with Gasteiger partial charge in [0, 0.05) is 93.9 Å². The maximum Gasteiger partial charge on any atom is 0.332 e. The van der Waals surface area contributed by atoms with Crippen molar-refractivity contribution in [2.75, 3.05) is 134 Å². The molecule has 1 aliphatic carbocycles. The number of para-hydroxylation sites is 3. The fourth-order valence-electron chi connectivity index (χ4n) is 11.2. The van der Waals surface area contributed by atoms with Crippen LogP contribution in [0.1, 0.15) is 72.9 Å². The number of aryl methyl sites for hydroxylation is 3. The fraction of sp³-hybridized carbons (Fsp3) is 0.485. The second-order valence-corrected chi connectivity index (χ2v) is 24.3. The van der Waals surface area contributed by atoms with Crippen molar-refractivity contribution in [2.24, 2.45) is 7.05 Å². The van der Waals surface area contributed by atoms with Gasteiger partial charge in [0.15, 0.2) is 16.2 Å². The number of anilines is 3. The maximum atomic E-state index is 14.2. The molecule has 1 saturated heterocycles. The first-order chi connectivity index (χ1) is 44.8. The van der Waals surface area contributed by atoms with Gasteiger partial charge in [-0.2, -0.15) is 4.98 Å². The van der Waals surface area contributed by atoms with E-state index in [2.05, 4.69) is 38.1 Å². The van der Waals surface area contributed by atoms with Crippen LogP contribution in [-0.2, 0) is 64.6 Å². The SMILES string of the molecule is CC#CCn1c(N2CCCC(NC(=O)CCOCCOCCOCCOCCOCCOCCN(C)C(=O)CCc3cc(Cl)c(Oc4sccc4C(=O)N4CCN(C5CC5)c5ccccc54)cc3Cl)C2)nc2c1c(=O)n(Cc1nc(C)c3ccccc3n1)c(=O)n2C. The summed E-state index contributed by atoms with van der Waals surface area (Å²) in [4.78, 5) is 90.0. The molecule has 3 aromatic carbocycles. The Kier molecular flexibility index (Phi) is 24.1. The highest BCUT2D eigenvalue weighted by Crippen LogP contribution is 2.43. The molecule has 1 N–H and O–H groups in total. The van der Waals surface area contributed by atoms with E-state index in [1.165, 1.54) is 28.7 Å². The third-order valence-corrected chi connectivity index (χ3v) is 17.7. The highest BCUT2D eigenvalue weighted by Gasteiger charge is 2.37. The van der Waals surface area contributed by atoms with Gasteiger partial charge in [-0.05, 0) is 87.2 Å². The van der Waals surface area contributed by atoms with Crippen molar-refractivity contribution >= 4 is 91.7 Å². The molecule has 1 saturated carbocycles. The van der Waals surface area contributed by atoms with Crippen LogP contribution in [0.5, 0.6) is 10.8 Å². The third-order valence-electron chi connectivity index (χ3n) is 16.2. The van der Waals surface area contributed by atoms with Crippen LogP contribution in [0.15, 0.2) is 81.7 Å². The maximum absolute atomic E-state index is 14.2. The van der Waals surface area contributed by atoms with Crippen LogP contribution in [0.25, 0.3) is 22.1 Å². The minimum atomic E-state index is -0.532. The van der Waals surface area contributed by atoms with Gasteiger partial charge in [0.1, 0.15) is 11.6 Å². The first-order valence-electron chi connectivity index (χ1n) is 31.2. The van der Waals surface area contributed by atoms with E-state index >= 15 is 0 Å². The Morgan fingerprint density at radius 1 is 0.761 bits per heavy atom. The molecule has 4 aromatic heterocycles. The Morgan fingerprint density at radius 3 is 2.14 bits per heavy atom. The predicted molar refractivity (Wildman–Crippen MR) is 354 cm³/mol. The van der Waals surface area contributed by atoms with Crippen molar-refractivity contribution in [1.29, 1.82) is 0 Å². The normalized spacial score (nSPS) is 14.8. The quantitative estimate of drug-likeness (QED) is 0.0307. The topological polar surface area (TPSA) is 228 Å². The summed E-state index contributed by atoms with van der Waals surface area (Å²) >= 11 is 14.7. The lowest BCUT2D eigenvalue weighted by molar-refractivity contribution is -0.130. The highest BCUT2D eigenvalue weighted by molar-refractivity contribution is 7.12. The number of hydrogen-bond acceptors (Lipinski definition) is 18. The first kappa shape index (κ1) is 67.4. The molecule has 2 aliphatic heterocycles. The van der Waals surface area contributed by atoms with Crippen molar-refractivity contribution < 1.29 is 47.5 Å². The van der Waals surface area contributed by atoms with E-state index in [9.17, 15) is 24.0 Å². The summed E-state index contributed by atoms with van der Waals surface area (Å²) in [5.41, 5.74) is 4.08. The average molecular weight is 1320 g/mol. The summed E-state index contributed by atoms with van der Waals surface area (Å²) in [5, 5.41) is 7.03. The van der Waals surface area contributed by atoms with Gasteiger partial charge in [0.05, 0.1) is 120 Å². The number of imidazole rings is 1. The summed E-state index contributed by atoms with van der Waals surface area (Å²) in [7, 11) is 3.33. The molecule has 0 bridgehead atoms. The second-order valence-electron chi connectivity index (χ2n) is 22.6.